The van der Waals surface area contributed by atoms with Crippen molar-refractivity contribution in [1.82, 2.24) is 15.5 Å². The molecule has 1 fully saturated rings. The van der Waals surface area contributed by atoms with Crippen LogP contribution in [0.15, 0.2) is 0 Å². The van der Waals surface area contributed by atoms with Gasteiger partial charge in [-0.25, -0.2) is 0 Å². The van der Waals surface area contributed by atoms with E-state index in [1.165, 1.54) is 0 Å². The minimum Gasteiger partial charge on any atom is -0.351 e. The third kappa shape index (κ3) is 5.42. The lowest BCUT2D eigenvalue weighted by Crippen LogP contribution is -2.47. The third-order valence-corrected chi connectivity index (χ3v) is 2.12. The van der Waals surface area contributed by atoms with E-state index >= 15 is 0 Å². The summed E-state index contributed by atoms with van der Waals surface area (Å²) in [6, 6.07) is 0.334. The van der Waals surface area contributed by atoms with Crippen LogP contribution in [0.4, 0.5) is 0 Å². The highest BCUT2D eigenvalue weighted by atomic mass is 35.5. The Morgan fingerprint density at radius 2 is 2.29 bits per heavy atom. The number of amides is 1. The van der Waals surface area contributed by atoms with Crippen LogP contribution < -0.4 is 10.6 Å². The summed E-state index contributed by atoms with van der Waals surface area (Å²) in [6.45, 7) is 2.48. The van der Waals surface area contributed by atoms with Gasteiger partial charge >= 0.3 is 0 Å². The normalized spacial score (nSPS) is 21.5. The number of nitrogens with zero attached hydrogens (tertiary/aromatic N) is 1. The van der Waals surface area contributed by atoms with Crippen molar-refractivity contribution in [2.75, 3.05) is 33.7 Å². The standard InChI is InChI=1S/C9H19N3O.ClH/c1-12(2)7-9(13)11-8-4-3-5-10-6-8;/h8,10H,3-7H2,1-2H3,(H,11,13);1H. The van der Waals surface area contributed by atoms with Gasteiger partial charge in [0.1, 0.15) is 0 Å². The highest BCUT2D eigenvalue weighted by Gasteiger charge is 2.14. The van der Waals surface area contributed by atoms with Crippen molar-refractivity contribution in [3.8, 4) is 0 Å². The predicted octanol–water partition coefficient (Wildman–Crippen LogP) is -0.162. The minimum absolute atomic E-state index is 0. The van der Waals surface area contributed by atoms with Gasteiger partial charge in [-0.1, -0.05) is 0 Å². The molecule has 1 saturated heterocycles. The van der Waals surface area contributed by atoms with Crippen molar-refractivity contribution in [3.63, 3.8) is 0 Å². The number of likely N-dealkylation sites (N-methyl/N-ethyl adjacent to an activating group) is 1. The van der Waals surface area contributed by atoms with Crippen molar-refractivity contribution in [1.29, 1.82) is 0 Å². The van der Waals surface area contributed by atoms with Gasteiger partial charge in [0.05, 0.1) is 6.54 Å². The first-order valence-corrected chi connectivity index (χ1v) is 4.83. The van der Waals surface area contributed by atoms with Crippen LogP contribution in [0, 0.1) is 0 Å². The predicted molar refractivity (Wildman–Crippen MR) is 59.8 cm³/mol. The van der Waals surface area contributed by atoms with E-state index in [9.17, 15) is 4.79 Å². The number of hydrogen-bond acceptors (Lipinski definition) is 3. The number of piperidine rings is 1. The molecule has 4 nitrogen and oxygen atoms in total. The second kappa shape index (κ2) is 7.04. The molecule has 0 saturated carbocycles. The lowest BCUT2D eigenvalue weighted by Gasteiger charge is -2.24. The van der Waals surface area contributed by atoms with E-state index in [1.807, 2.05) is 19.0 Å². The highest BCUT2D eigenvalue weighted by Crippen LogP contribution is 2.00. The Kier molecular flexibility index (Phi) is 6.87. The Labute approximate surface area is 91.8 Å². The van der Waals surface area contributed by atoms with E-state index < -0.39 is 0 Å². The topological polar surface area (TPSA) is 44.4 Å². The number of rotatable bonds is 3. The van der Waals surface area contributed by atoms with Gasteiger partial charge in [0, 0.05) is 12.6 Å². The summed E-state index contributed by atoms with van der Waals surface area (Å²) in [5.41, 5.74) is 0. The van der Waals surface area contributed by atoms with Gasteiger partial charge in [-0.3, -0.25) is 4.79 Å². The summed E-state index contributed by atoms with van der Waals surface area (Å²) >= 11 is 0. The molecule has 1 atom stereocenters. The first-order valence-electron chi connectivity index (χ1n) is 4.83. The number of carbonyl (C=O) groups excluding carboxylic acids is 1. The van der Waals surface area contributed by atoms with E-state index in [1.54, 1.807) is 0 Å². The minimum atomic E-state index is 0. The molecule has 84 valence electrons. The van der Waals surface area contributed by atoms with E-state index in [4.69, 9.17) is 0 Å². The second-order valence-electron chi connectivity index (χ2n) is 3.85. The average Bonchev–Trinajstić information content (AvgIpc) is 2.04. The molecule has 1 amide bonds. The maximum absolute atomic E-state index is 11.3. The zero-order valence-corrected chi connectivity index (χ0v) is 9.69. The Morgan fingerprint density at radius 3 is 2.79 bits per heavy atom. The number of halogens is 1. The number of hydrogen-bond donors (Lipinski definition) is 2. The van der Waals surface area contributed by atoms with Crippen LogP contribution in [0.2, 0.25) is 0 Å². The first kappa shape index (κ1) is 13.7. The van der Waals surface area contributed by atoms with Crippen LogP contribution in [-0.2, 0) is 4.79 Å². The third-order valence-electron chi connectivity index (χ3n) is 2.12. The van der Waals surface area contributed by atoms with Gasteiger partial charge in [0.2, 0.25) is 5.91 Å². The molecule has 0 aromatic heterocycles. The zero-order valence-electron chi connectivity index (χ0n) is 8.88. The van der Waals surface area contributed by atoms with E-state index in [0.29, 0.717) is 12.6 Å². The van der Waals surface area contributed by atoms with Gasteiger partial charge in [-0.15, -0.1) is 12.4 Å². The Bertz CT molecular complexity index is 169. The molecule has 1 aliphatic rings. The van der Waals surface area contributed by atoms with Crippen molar-refractivity contribution in [2.24, 2.45) is 0 Å². The Hall–Kier alpha value is -0.320. The van der Waals surface area contributed by atoms with Gasteiger partial charge < -0.3 is 15.5 Å². The van der Waals surface area contributed by atoms with Crippen molar-refractivity contribution < 1.29 is 4.79 Å². The molecule has 14 heavy (non-hydrogen) atoms. The summed E-state index contributed by atoms with van der Waals surface area (Å²) in [5.74, 6) is 0.124. The monoisotopic (exact) mass is 221 g/mol. The molecule has 0 spiro atoms. The average molecular weight is 222 g/mol. The van der Waals surface area contributed by atoms with Crippen LogP contribution >= 0.6 is 12.4 Å². The number of nitrogens with one attached hydrogen (secondary N) is 2. The van der Waals surface area contributed by atoms with Gasteiger partial charge in [-0.05, 0) is 33.5 Å². The van der Waals surface area contributed by atoms with Crippen molar-refractivity contribution in [3.05, 3.63) is 0 Å². The second-order valence-corrected chi connectivity index (χ2v) is 3.85. The molecule has 2 N–H and O–H groups in total. The van der Waals surface area contributed by atoms with Crippen LogP contribution in [0.3, 0.4) is 0 Å². The zero-order chi connectivity index (χ0) is 9.68. The first-order chi connectivity index (χ1) is 6.18. The fraction of sp³-hybridized carbons (Fsp3) is 0.889. The maximum Gasteiger partial charge on any atom is 0.234 e. The molecule has 5 heteroatoms. The fourth-order valence-electron chi connectivity index (χ4n) is 1.54. The van der Waals surface area contributed by atoms with E-state index in [-0.39, 0.29) is 18.3 Å². The molecule has 0 bridgehead atoms. The van der Waals surface area contributed by atoms with Crippen LogP contribution in [0.1, 0.15) is 12.8 Å². The molecule has 1 unspecified atom stereocenters. The van der Waals surface area contributed by atoms with Crippen LogP contribution in [0.5, 0.6) is 0 Å². The molecule has 0 aliphatic carbocycles. The van der Waals surface area contributed by atoms with E-state index in [0.717, 1.165) is 25.9 Å². The molecule has 0 aromatic rings. The number of carbonyl (C=O) groups is 1. The molecule has 1 rings (SSSR count). The van der Waals surface area contributed by atoms with Gasteiger partial charge in [0.25, 0.3) is 0 Å². The molecule has 1 heterocycles. The van der Waals surface area contributed by atoms with Gasteiger partial charge in [0.15, 0.2) is 0 Å². The molecule has 1 aliphatic heterocycles. The van der Waals surface area contributed by atoms with Gasteiger partial charge in [-0.2, -0.15) is 0 Å². The fourth-order valence-corrected chi connectivity index (χ4v) is 1.54. The smallest absolute Gasteiger partial charge is 0.234 e. The van der Waals surface area contributed by atoms with Crippen LogP contribution in [0.25, 0.3) is 0 Å². The molecular weight excluding hydrogens is 202 g/mol. The SMILES string of the molecule is CN(C)CC(=O)NC1CCCNC1.Cl. The molecule has 0 radical (unpaired) electrons. The summed E-state index contributed by atoms with van der Waals surface area (Å²) < 4.78 is 0. The lowest BCUT2D eigenvalue weighted by atomic mass is 10.1. The Morgan fingerprint density at radius 1 is 1.57 bits per heavy atom. The Balaban J connectivity index is 0.00000169. The lowest BCUT2D eigenvalue weighted by molar-refractivity contribution is -0.122. The van der Waals surface area contributed by atoms with E-state index in [2.05, 4.69) is 10.6 Å². The summed E-state index contributed by atoms with van der Waals surface area (Å²) in [6.07, 6.45) is 2.26. The summed E-state index contributed by atoms with van der Waals surface area (Å²) in [7, 11) is 3.80. The van der Waals surface area contributed by atoms with Crippen molar-refractivity contribution in [2.45, 2.75) is 18.9 Å². The molecular formula is C9H20ClN3O. The molecule has 0 aromatic carbocycles. The summed E-state index contributed by atoms with van der Waals surface area (Å²) in [4.78, 5) is 13.2. The maximum atomic E-state index is 11.3. The quantitative estimate of drug-likeness (QED) is 0.696. The van der Waals surface area contributed by atoms with Crippen LogP contribution in [-0.4, -0.2) is 50.6 Å². The largest absolute Gasteiger partial charge is 0.351 e. The van der Waals surface area contributed by atoms with Crippen molar-refractivity contribution >= 4 is 18.3 Å². The summed E-state index contributed by atoms with van der Waals surface area (Å²) in [5, 5.41) is 6.27. The highest BCUT2D eigenvalue weighted by molar-refractivity contribution is 5.85.